The van der Waals surface area contributed by atoms with E-state index < -0.39 is 11.8 Å². The average Bonchev–Trinajstić information content (AvgIpc) is 2.31. The maximum atomic E-state index is 11.5. The number of carbonyl (C=O) groups is 2. The lowest BCUT2D eigenvalue weighted by Crippen LogP contribution is -2.36. The normalized spacial score (nSPS) is 9.31. The SMILES string of the molecule is C=CC(=O)N(C(=O)C=N)c1ccc(Br)cc1. The number of anilines is 1. The fourth-order valence-electron chi connectivity index (χ4n) is 1.11. The second kappa shape index (κ2) is 5.37. The zero-order chi connectivity index (χ0) is 12.1. The van der Waals surface area contributed by atoms with Gasteiger partial charge in [0, 0.05) is 4.47 Å². The van der Waals surface area contributed by atoms with Crippen LogP contribution in [0.5, 0.6) is 0 Å². The maximum Gasteiger partial charge on any atom is 0.275 e. The van der Waals surface area contributed by atoms with E-state index in [1.165, 1.54) is 0 Å². The van der Waals surface area contributed by atoms with Gasteiger partial charge in [0.1, 0.15) is 0 Å². The number of halogens is 1. The minimum atomic E-state index is -0.702. The molecule has 0 aromatic heterocycles. The maximum absolute atomic E-state index is 11.5. The average molecular weight is 281 g/mol. The molecule has 16 heavy (non-hydrogen) atoms. The van der Waals surface area contributed by atoms with Crippen LogP contribution in [0, 0.1) is 5.41 Å². The second-order valence-electron chi connectivity index (χ2n) is 2.84. The first-order valence-electron chi connectivity index (χ1n) is 4.36. The number of hydrogen-bond acceptors (Lipinski definition) is 3. The van der Waals surface area contributed by atoms with E-state index in [4.69, 9.17) is 5.41 Å². The van der Waals surface area contributed by atoms with Crippen molar-refractivity contribution in [1.82, 2.24) is 0 Å². The number of carbonyl (C=O) groups excluding carboxylic acids is 2. The topological polar surface area (TPSA) is 61.2 Å². The summed E-state index contributed by atoms with van der Waals surface area (Å²) in [6.45, 7) is 3.31. The largest absolute Gasteiger partial charge is 0.303 e. The molecule has 0 fully saturated rings. The van der Waals surface area contributed by atoms with Crippen molar-refractivity contribution in [3.05, 3.63) is 41.4 Å². The Morgan fingerprint density at radius 1 is 1.25 bits per heavy atom. The Morgan fingerprint density at radius 2 is 1.81 bits per heavy atom. The van der Waals surface area contributed by atoms with E-state index in [9.17, 15) is 9.59 Å². The number of nitrogens with one attached hydrogen (secondary N) is 1. The zero-order valence-electron chi connectivity index (χ0n) is 8.31. The third-order valence-electron chi connectivity index (χ3n) is 1.82. The molecule has 1 N–H and O–H groups in total. The third kappa shape index (κ3) is 2.64. The van der Waals surface area contributed by atoms with Gasteiger partial charge in [0.25, 0.3) is 11.8 Å². The summed E-state index contributed by atoms with van der Waals surface area (Å²) in [5, 5.41) is 6.89. The van der Waals surface area contributed by atoms with E-state index in [2.05, 4.69) is 22.5 Å². The Balaban J connectivity index is 3.15. The number of hydrogen-bond donors (Lipinski definition) is 1. The molecule has 2 amide bonds. The molecule has 0 unspecified atom stereocenters. The van der Waals surface area contributed by atoms with E-state index in [1.54, 1.807) is 24.3 Å². The summed E-state index contributed by atoms with van der Waals surface area (Å²) in [5.74, 6) is -1.26. The van der Waals surface area contributed by atoms with Gasteiger partial charge in [0.15, 0.2) is 0 Å². The molecule has 0 radical (unpaired) electrons. The monoisotopic (exact) mass is 280 g/mol. The molecule has 1 rings (SSSR count). The third-order valence-corrected chi connectivity index (χ3v) is 2.35. The first-order chi connectivity index (χ1) is 7.60. The van der Waals surface area contributed by atoms with Crippen molar-refractivity contribution in [3.8, 4) is 0 Å². The smallest absolute Gasteiger partial charge is 0.275 e. The van der Waals surface area contributed by atoms with Crippen LogP contribution < -0.4 is 4.90 Å². The van der Waals surface area contributed by atoms with Gasteiger partial charge >= 0.3 is 0 Å². The summed E-state index contributed by atoms with van der Waals surface area (Å²) in [7, 11) is 0. The number of nitrogens with zero attached hydrogens (tertiary/aromatic N) is 1. The summed E-state index contributed by atoms with van der Waals surface area (Å²) in [5.41, 5.74) is 0.404. The summed E-state index contributed by atoms with van der Waals surface area (Å²) >= 11 is 3.25. The van der Waals surface area contributed by atoms with Gasteiger partial charge in [0.2, 0.25) is 0 Å². The lowest BCUT2D eigenvalue weighted by Gasteiger charge is -2.16. The van der Waals surface area contributed by atoms with Crippen LogP contribution in [-0.4, -0.2) is 18.0 Å². The van der Waals surface area contributed by atoms with Crippen LogP contribution in [0.2, 0.25) is 0 Å². The van der Waals surface area contributed by atoms with E-state index in [-0.39, 0.29) is 0 Å². The highest BCUT2D eigenvalue weighted by Gasteiger charge is 2.18. The Hall–Kier alpha value is -1.75. The van der Waals surface area contributed by atoms with Gasteiger partial charge in [-0.3, -0.25) is 9.59 Å². The molecule has 0 heterocycles. The Labute approximate surface area is 101 Å². The zero-order valence-corrected chi connectivity index (χ0v) is 9.90. The molecule has 0 bridgehead atoms. The minimum Gasteiger partial charge on any atom is -0.303 e. The van der Waals surface area contributed by atoms with Crippen molar-refractivity contribution in [2.45, 2.75) is 0 Å². The van der Waals surface area contributed by atoms with E-state index in [1.807, 2.05) is 0 Å². The summed E-state index contributed by atoms with van der Waals surface area (Å²) in [4.78, 5) is 23.8. The number of amides is 2. The van der Waals surface area contributed by atoms with Gasteiger partial charge in [-0.2, -0.15) is 0 Å². The Bertz CT molecular complexity index is 420. The predicted molar refractivity (Wildman–Crippen MR) is 65.6 cm³/mol. The van der Waals surface area contributed by atoms with Gasteiger partial charge < -0.3 is 5.41 Å². The molecule has 0 aliphatic rings. The molecule has 0 spiro atoms. The number of imide groups is 1. The van der Waals surface area contributed by atoms with Gasteiger partial charge in [-0.25, -0.2) is 4.90 Å². The van der Waals surface area contributed by atoms with Crippen LogP contribution >= 0.6 is 15.9 Å². The van der Waals surface area contributed by atoms with Crippen molar-refractivity contribution in [2.75, 3.05) is 4.90 Å². The minimum absolute atomic E-state index is 0.404. The first-order valence-corrected chi connectivity index (χ1v) is 5.16. The molecule has 1 aromatic rings. The highest BCUT2D eigenvalue weighted by molar-refractivity contribution is 9.10. The Morgan fingerprint density at radius 3 is 2.25 bits per heavy atom. The highest BCUT2D eigenvalue weighted by Crippen LogP contribution is 2.18. The van der Waals surface area contributed by atoms with E-state index >= 15 is 0 Å². The molecule has 0 aliphatic carbocycles. The summed E-state index contributed by atoms with van der Waals surface area (Å²) < 4.78 is 0.838. The lowest BCUT2D eigenvalue weighted by molar-refractivity contribution is -0.120. The molecular formula is C11H9BrN2O2. The fraction of sp³-hybridized carbons (Fsp3) is 0. The van der Waals surface area contributed by atoms with Crippen LogP contribution in [-0.2, 0) is 9.59 Å². The second-order valence-corrected chi connectivity index (χ2v) is 3.75. The molecule has 0 saturated heterocycles. The van der Waals surface area contributed by atoms with E-state index in [0.29, 0.717) is 11.9 Å². The predicted octanol–water partition coefficient (Wildman–Crippen LogP) is 2.14. The summed E-state index contributed by atoms with van der Waals surface area (Å²) in [6, 6.07) is 6.62. The van der Waals surface area contributed by atoms with Crippen LogP contribution in [0.1, 0.15) is 0 Å². The van der Waals surface area contributed by atoms with Crippen LogP contribution in [0.25, 0.3) is 0 Å². The van der Waals surface area contributed by atoms with Gasteiger partial charge in [-0.05, 0) is 30.3 Å². The van der Waals surface area contributed by atoms with Crippen LogP contribution in [0.15, 0.2) is 41.4 Å². The van der Waals surface area contributed by atoms with Crippen molar-refractivity contribution in [3.63, 3.8) is 0 Å². The van der Waals surface area contributed by atoms with Gasteiger partial charge in [0.05, 0.1) is 11.9 Å². The van der Waals surface area contributed by atoms with Crippen molar-refractivity contribution < 1.29 is 9.59 Å². The number of rotatable bonds is 3. The van der Waals surface area contributed by atoms with Crippen molar-refractivity contribution in [2.24, 2.45) is 0 Å². The van der Waals surface area contributed by atoms with Crippen molar-refractivity contribution in [1.29, 1.82) is 5.41 Å². The first kappa shape index (κ1) is 12.3. The lowest BCUT2D eigenvalue weighted by atomic mass is 10.2. The summed E-state index contributed by atoms with van der Waals surface area (Å²) in [6.07, 6.45) is 1.62. The quantitative estimate of drug-likeness (QED) is 0.681. The molecule has 4 nitrogen and oxygen atoms in total. The molecular weight excluding hydrogens is 272 g/mol. The molecule has 82 valence electrons. The molecule has 1 aromatic carbocycles. The number of benzene rings is 1. The van der Waals surface area contributed by atoms with E-state index in [0.717, 1.165) is 15.4 Å². The van der Waals surface area contributed by atoms with Crippen molar-refractivity contribution >= 4 is 39.6 Å². The molecule has 0 aliphatic heterocycles. The Kier molecular flexibility index (Phi) is 4.13. The molecule has 0 atom stereocenters. The standard InChI is InChI=1S/C11H9BrN2O2/c1-2-10(15)14(11(16)7-13)9-5-3-8(12)4-6-9/h2-7,13H,1H2. The molecule has 0 saturated carbocycles. The van der Waals surface area contributed by atoms with Crippen LogP contribution in [0.3, 0.4) is 0 Å². The van der Waals surface area contributed by atoms with Gasteiger partial charge in [-0.1, -0.05) is 22.5 Å². The fourth-order valence-corrected chi connectivity index (χ4v) is 1.37. The van der Waals surface area contributed by atoms with Crippen LogP contribution in [0.4, 0.5) is 5.69 Å². The molecule has 5 heteroatoms. The van der Waals surface area contributed by atoms with Gasteiger partial charge in [-0.15, -0.1) is 0 Å². The highest BCUT2D eigenvalue weighted by atomic mass is 79.9.